The summed E-state index contributed by atoms with van der Waals surface area (Å²) >= 11 is 7.27. The van der Waals surface area contributed by atoms with Crippen LogP contribution in [0.1, 0.15) is 68.1 Å². The molecule has 9 rings (SSSR count). The quantitative estimate of drug-likeness (QED) is 0.357. The van der Waals surface area contributed by atoms with Gasteiger partial charge in [-0.15, -0.1) is 0 Å². The molecule has 0 unspecified atom stereocenters. The maximum atomic E-state index is 17.4. The molecule has 3 N–H and O–H groups in total. The number of allylic oxidation sites excluding steroid dienone is 2. The number of aliphatic hydroxyl groups is 1. The van der Waals surface area contributed by atoms with Gasteiger partial charge in [0.2, 0.25) is 0 Å². The summed E-state index contributed by atoms with van der Waals surface area (Å²) in [5, 5.41) is 21.2. The standard InChI is InChI=1S/C36H37ClF2N6O3/c1-18-6-7-21(26-22(18)11-24(41)23(26)15-40)27-29(37)32-28-31(30(27)39)42-34(47-17-35-8-4-9-44(35)16-19(38)12-35)43-33(28)45-10-3-2-5-25(45)36(48-32)13-20(46)14-36/h6-7,19-20,25,46H,2-5,8-14,16-17,41H2,1H3/t19-,20?,25+,35+,36?/m1/s1. The van der Waals surface area contributed by atoms with E-state index in [0.717, 1.165) is 49.8 Å². The molecule has 1 saturated carbocycles. The van der Waals surface area contributed by atoms with E-state index in [0.29, 0.717) is 72.4 Å². The third-order valence-electron chi connectivity index (χ3n) is 11.9. The van der Waals surface area contributed by atoms with Crippen molar-refractivity contribution in [1.82, 2.24) is 14.9 Å². The predicted octanol–water partition coefficient (Wildman–Crippen LogP) is 5.75. The van der Waals surface area contributed by atoms with Gasteiger partial charge in [-0.1, -0.05) is 23.7 Å². The van der Waals surface area contributed by atoms with Gasteiger partial charge in [-0.05, 0) is 62.3 Å². The molecule has 0 amide bonds. The van der Waals surface area contributed by atoms with Crippen LogP contribution >= 0.6 is 11.6 Å². The number of hydrogen-bond acceptors (Lipinski definition) is 9. The minimum absolute atomic E-state index is 0.00370. The fourth-order valence-electron chi connectivity index (χ4n) is 9.62. The van der Waals surface area contributed by atoms with Crippen LogP contribution in [0, 0.1) is 24.1 Å². The third-order valence-corrected chi connectivity index (χ3v) is 12.3. The first kappa shape index (κ1) is 30.3. The highest BCUT2D eigenvalue weighted by atomic mass is 35.5. The number of ether oxygens (including phenoxy) is 2. The van der Waals surface area contributed by atoms with Gasteiger partial charge in [0.05, 0.1) is 33.7 Å². The summed E-state index contributed by atoms with van der Waals surface area (Å²) < 4.78 is 45.3. The van der Waals surface area contributed by atoms with Crippen LogP contribution < -0.4 is 20.1 Å². The second kappa shape index (κ2) is 10.6. The Kier molecular flexibility index (Phi) is 6.73. The van der Waals surface area contributed by atoms with Crippen LogP contribution in [0.3, 0.4) is 0 Å². The molecule has 2 aliphatic carbocycles. The van der Waals surface area contributed by atoms with Gasteiger partial charge in [0.25, 0.3) is 0 Å². The Morgan fingerprint density at radius 1 is 1.19 bits per heavy atom. The highest BCUT2D eigenvalue weighted by Crippen LogP contribution is 2.56. The number of nitrogens with zero attached hydrogens (tertiary/aromatic N) is 5. The molecule has 0 radical (unpaired) electrons. The first-order valence-electron chi connectivity index (χ1n) is 17.0. The highest BCUT2D eigenvalue weighted by molar-refractivity contribution is 6.37. The Labute approximate surface area is 282 Å². The molecule has 3 saturated heterocycles. The molecule has 2 aromatic carbocycles. The van der Waals surface area contributed by atoms with Gasteiger partial charge in [0.15, 0.2) is 11.6 Å². The van der Waals surface area contributed by atoms with Crippen molar-refractivity contribution in [1.29, 1.82) is 5.26 Å². The van der Waals surface area contributed by atoms with Crippen molar-refractivity contribution in [2.75, 3.05) is 31.1 Å². The molecule has 1 aromatic heterocycles. The largest absolute Gasteiger partial charge is 0.482 e. The van der Waals surface area contributed by atoms with Gasteiger partial charge in [-0.25, -0.2) is 8.78 Å². The fourth-order valence-corrected chi connectivity index (χ4v) is 9.94. The molecule has 9 nitrogen and oxygen atoms in total. The van der Waals surface area contributed by atoms with Crippen LogP contribution in [0.4, 0.5) is 14.6 Å². The summed E-state index contributed by atoms with van der Waals surface area (Å²) in [7, 11) is 0. The minimum atomic E-state index is -0.918. The van der Waals surface area contributed by atoms with Crippen LogP contribution in [-0.2, 0) is 6.42 Å². The Morgan fingerprint density at radius 2 is 2.02 bits per heavy atom. The highest BCUT2D eigenvalue weighted by Gasteiger charge is 2.57. The lowest BCUT2D eigenvalue weighted by atomic mass is 9.69. The van der Waals surface area contributed by atoms with E-state index >= 15 is 4.39 Å². The number of rotatable bonds is 4. The number of aliphatic hydroxyl groups excluding tert-OH is 1. The average molecular weight is 675 g/mol. The summed E-state index contributed by atoms with van der Waals surface area (Å²) in [6.45, 7) is 4.01. The number of aromatic nitrogens is 2. The smallest absolute Gasteiger partial charge is 0.319 e. The van der Waals surface area contributed by atoms with Gasteiger partial charge < -0.3 is 25.2 Å². The second-order valence-electron chi connectivity index (χ2n) is 14.7. The lowest BCUT2D eigenvalue weighted by Gasteiger charge is -2.53. The molecule has 48 heavy (non-hydrogen) atoms. The van der Waals surface area contributed by atoms with Crippen LogP contribution in [-0.4, -0.2) is 75.7 Å². The monoisotopic (exact) mass is 674 g/mol. The van der Waals surface area contributed by atoms with E-state index in [1.54, 1.807) is 6.07 Å². The molecule has 3 atom stereocenters. The number of anilines is 1. The number of piperidine rings is 1. The molecule has 3 aromatic rings. The van der Waals surface area contributed by atoms with Gasteiger partial charge in [-0.3, -0.25) is 4.90 Å². The van der Waals surface area contributed by atoms with E-state index in [4.69, 9.17) is 36.8 Å². The topological polar surface area (TPSA) is 121 Å². The Balaban J connectivity index is 1.27. The molecule has 12 heteroatoms. The van der Waals surface area contributed by atoms with Gasteiger partial charge in [-0.2, -0.15) is 15.2 Å². The zero-order valence-electron chi connectivity index (χ0n) is 26.8. The second-order valence-corrected chi connectivity index (χ2v) is 15.0. The SMILES string of the molecule is Cc1ccc(-c2c(Cl)c3c4c(nc(OC[C@@]56CCCN5C[C@H](F)C6)nc4c2F)N2CCCC[C@H]2C2(CC(O)C2)O3)c2c1CC(N)=C2C#N. The number of nitriles is 1. The van der Waals surface area contributed by atoms with Crippen molar-refractivity contribution in [3.05, 3.63) is 45.4 Å². The van der Waals surface area contributed by atoms with Crippen molar-refractivity contribution in [2.45, 2.75) is 94.2 Å². The minimum Gasteiger partial charge on any atom is -0.482 e. The van der Waals surface area contributed by atoms with Crippen molar-refractivity contribution in [2.24, 2.45) is 5.73 Å². The molecule has 4 fully saturated rings. The van der Waals surface area contributed by atoms with Crippen molar-refractivity contribution < 1.29 is 23.4 Å². The molecular formula is C36H37ClF2N6O3. The van der Waals surface area contributed by atoms with Crippen LogP contribution in [0.2, 0.25) is 5.02 Å². The van der Waals surface area contributed by atoms with E-state index in [9.17, 15) is 14.8 Å². The van der Waals surface area contributed by atoms with Gasteiger partial charge in [0, 0.05) is 55.6 Å². The summed E-state index contributed by atoms with van der Waals surface area (Å²) in [6, 6.07) is 5.78. The summed E-state index contributed by atoms with van der Waals surface area (Å²) in [5.74, 6) is 0.0883. The number of aryl methyl sites for hydroxylation is 1. The Bertz CT molecular complexity index is 1980. The van der Waals surface area contributed by atoms with E-state index in [1.807, 2.05) is 13.0 Å². The molecular weight excluding hydrogens is 638 g/mol. The number of nitrogens with two attached hydrogens (primary N) is 1. The van der Waals surface area contributed by atoms with E-state index in [2.05, 4.69) is 15.9 Å². The van der Waals surface area contributed by atoms with Crippen molar-refractivity contribution in [3.63, 3.8) is 0 Å². The van der Waals surface area contributed by atoms with Gasteiger partial charge in [0.1, 0.15) is 35.8 Å². The van der Waals surface area contributed by atoms with E-state index in [1.165, 1.54) is 0 Å². The Hall–Kier alpha value is -3.72. The molecule has 1 spiro atoms. The summed E-state index contributed by atoms with van der Waals surface area (Å²) in [5.41, 5.74) is 8.74. The molecule has 250 valence electrons. The number of fused-ring (bicyclic) bond motifs is 5. The molecule has 5 heterocycles. The average Bonchev–Trinajstić information content (AvgIpc) is 3.68. The number of benzene rings is 2. The first-order valence-corrected chi connectivity index (χ1v) is 17.4. The molecule has 0 bridgehead atoms. The lowest BCUT2D eigenvalue weighted by molar-refractivity contribution is -0.111. The number of alkyl halides is 1. The van der Waals surface area contributed by atoms with Crippen LogP contribution in [0.5, 0.6) is 11.8 Å². The van der Waals surface area contributed by atoms with Crippen LogP contribution in [0.25, 0.3) is 27.6 Å². The summed E-state index contributed by atoms with van der Waals surface area (Å²) in [6.07, 6.45) is 4.62. The number of halogens is 3. The lowest BCUT2D eigenvalue weighted by Crippen LogP contribution is -2.65. The predicted molar refractivity (Wildman–Crippen MR) is 177 cm³/mol. The molecule has 6 aliphatic rings. The van der Waals surface area contributed by atoms with Crippen molar-refractivity contribution >= 4 is 33.9 Å². The zero-order valence-corrected chi connectivity index (χ0v) is 27.5. The molecule has 4 aliphatic heterocycles. The Morgan fingerprint density at radius 3 is 2.81 bits per heavy atom. The van der Waals surface area contributed by atoms with E-state index < -0.39 is 29.2 Å². The van der Waals surface area contributed by atoms with Crippen molar-refractivity contribution in [3.8, 4) is 29.0 Å². The van der Waals surface area contributed by atoms with E-state index in [-0.39, 0.29) is 40.5 Å². The number of hydrogen-bond donors (Lipinski definition) is 2. The first-order chi connectivity index (χ1) is 23.1. The zero-order chi connectivity index (χ0) is 33.1. The summed E-state index contributed by atoms with van der Waals surface area (Å²) in [4.78, 5) is 14.0. The normalized spacial score (nSPS) is 30.5. The maximum absolute atomic E-state index is 17.4. The van der Waals surface area contributed by atoms with Crippen LogP contribution in [0.15, 0.2) is 17.8 Å². The third kappa shape index (κ3) is 4.18. The fraction of sp³-hybridized carbons (Fsp3) is 0.528. The van der Waals surface area contributed by atoms with Gasteiger partial charge >= 0.3 is 6.01 Å². The maximum Gasteiger partial charge on any atom is 0.319 e.